The molecule has 0 radical (unpaired) electrons. The first kappa shape index (κ1) is 16.1. The van der Waals surface area contributed by atoms with E-state index >= 15 is 0 Å². The lowest BCUT2D eigenvalue weighted by Crippen LogP contribution is -2.36. The molecular formula is C15H24N2O3. The van der Waals surface area contributed by atoms with Crippen LogP contribution in [0.4, 0.5) is 4.79 Å². The maximum atomic E-state index is 11.4. The Morgan fingerprint density at radius 3 is 2.45 bits per heavy atom. The van der Waals surface area contributed by atoms with Crippen LogP contribution in [0.15, 0.2) is 12.1 Å². The van der Waals surface area contributed by atoms with Gasteiger partial charge >= 0.3 is 6.03 Å². The predicted octanol–water partition coefficient (Wildman–Crippen LogP) is 2.26. The van der Waals surface area contributed by atoms with Crippen molar-refractivity contribution < 1.29 is 14.3 Å². The van der Waals surface area contributed by atoms with Gasteiger partial charge in [-0.15, -0.1) is 0 Å². The van der Waals surface area contributed by atoms with Gasteiger partial charge in [0.2, 0.25) is 0 Å². The molecule has 0 atom stereocenters. The van der Waals surface area contributed by atoms with Crippen molar-refractivity contribution in [3.63, 3.8) is 0 Å². The Balaban J connectivity index is 2.60. The predicted molar refractivity (Wildman–Crippen MR) is 79.7 cm³/mol. The summed E-state index contributed by atoms with van der Waals surface area (Å²) in [5.74, 6) is 1.62. The van der Waals surface area contributed by atoms with Gasteiger partial charge in [0.15, 0.2) is 0 Å². The van der Waals surface area contributed by atoms with Crippen LogP contribution in [0.3, 0.4) is 0 Å². The molecule has 5 nitrogen and oxygen atoms in total. The summed E-state index contributed by atoms with van der Waals surface area (Å²) < 4.78 is 10.7. The number of carbonyl (C=O) groups is 1. The minimum absolute atomic E-state index is 0.129. The Morgan fingerprint density at radius 1 is 1.15 bits per heavy atom. The van der Waals surface area contributed by atoms with Gasteiger partial charge in [-0.2, -0.15) is 0 Å². The van der Waals surface area contributed by atoms with Crippen LogP contribution in [-0.2, 0) is 6.42 Å². The highest BCUT2D eigenvalue weighted by molar-refractivity contribution is 5.73. The van der Waals surface area contributed by atoms with E-state index in [0.717, 1.165) is 29.0 Å². The molecule has 1 aromatic rings. The quantitative estimate of drug-likeness (QED) is 0.805. The third-order valence-corrected chi connectivity index (χ3v) is 3.08. The molecule has 2 N–H and O–H groups in total. The van der Waals surface area contributed by atoms with Crippen LogP contribution in [0, 0.1) is 6.92 Å². The lowest BCUT2D eigenvalue weighted by molar-refractivity contribution is 0.241. The molecule has 0 saturated carbocycles. The smallest absolute Gasteiger partial charge is 0.314 e. The van der Waals surface area contributed by atoms with Crippen molar-refractivity contribution in [2.75, 3.05) is 27.3 Å². The number of urea groups is 1. The fourth-order valence-electron chi connectivity index (χ4n) is 2.04. The Hall–Kier alpha value is -1.91. The molecule has 1 aromatic carbocycles. The fourth-order valence-corrected chi connectivity index (χ4v) is 2.04. The summed E-state index contributed by atoms with van der Waals surface area (Å²) in [6.07, 6.45) is 1.65. The summed E-state index contributed by atoms with van der Waals surface area (Å²) in [5, 5.41) is 5.60. The summed E-state index contributed by atoms with van der Waals surface area (Å²) in [5.41, 5.74) is 2.03. The SMILES string of the molecule is CCCNC(=O)NCCc1ccc(OC)c(C)c1OC. The number of ether oxygens (including phenoxy) is 2. The molecule has 20 heavy (non-hydrogen) atoms. The van der Waals surface area contributed by atoms with Gasteiger partial charge in [-0.3, -0.25) is 0 Å². The Labute approximate surface area is 120 Å². The molecule has 0 spiro atoms. The number of hydrogen-bond acceptors (Lipinski definition) is 3. The third kappa shape index (κ3) is 4.33. The van der Waals surface area contributed by atoms with E-state index < -0.39 is 0 Å². The Kier molecular flexibility index (Phi) is 6.70. The number of nitrogens with one attached hydrogen (secondary N) is 2. The molecule has 0 aliphatic rings. The van der Waals surface area contributed by atoms with Gasteiger partial charge in [-0.05, 0) is 31.4 Å². The molecule has 0 bridgehead atoms. The molecule has 0 unspecified atom stereocenters. The normalized spacial score (nSPS) is 10.0. The molecular weight excluding hydrogens is 256 g/mol. The van der Waals surface area contributed by atoms with Gasteiger partial charge in [-0.25, -0.2) is 4.79 Å². The molecule has 0 saturated heterocycles. The summed E-state index contributed by atoms with van der Waals surface area (Å²) in [7, 11) is 3.29. The zero-order valence-corrected chi connectivity index (χ0v) is 12.7. The zero-order chi connectivity index (χ0) is 15.0. The second kappa shape index (κ2) is 8.30. The van der Waals surface area contributed by atoms with Crippen LogP contribution >= 0.6 is 0 Å². The van der Waals surface area contributed by atoms with Gasteiger partial charge in [0.05, 0.1) is 14.2 Å². The van der Waals surface area contributed by atoms with E-state index in [9.17, 15) is 4.79 Å². The van der Waals surface area contributed by atoms with Crippen LogP contribution in [0.1, 0.15) is 24.5 Å². The number of rotatable bonds is 7. The van der Waals surface area contributed by atoms with Crippen molar-refractivity contribution in [3.8, 4) is 11.5 Å². The number of methoxy groups -OCH3 is 2. The largest absolute Gasteiger partial charge is 0.496 e. The first-order valence-corrected chi connectivity index (χ1v) is 6.86. The van der Waals surface area contributed by atoms with Crippen LogP contribution in [0.25, 0.3) is 0 Å². The molecule has 5 heteroatoms. The summed E-state index contributed by atoms with van der Waals surface area (Å²) in [6.45, 7) is 5.24. The number of benzene rings is 1. The molecule has 0 aromatic heterocycles. The lowest BCUT2D eigenvalue weighted by atomic mass is 10.1. The molecule has 0 aliphatic carbocycles. The van der Waals surface area contributed by atoms with Gasteiger partial charge in [0, 0.05) is 18.7 Å². The minimum atomic E-state index is -0.129. The maximum Gasteiger partial charge on any atom is 0.314 e. The van der Waals surface area contributed by atoms with Crippen molar-refractivity contribution >= 4 is 6.03 Å². The molecule has 0 aliphatic heterocycles. The van der Waals surface area contributed by atoms with Gasteiger partial charge in [0.1, 0.15) is 11.5 Å². The highest BCUT2D eigenvalue weighted by Crippen LogP contribution is 2.31. The first-order valence-electron chi connectivity index (χ1n) is 6.86. The van der Waals surface area contributed by atoms with Crippen molar-refractivity contribution in [1.82, 2.24) is 10.6 Å². The van der Waals surface area contributed by atoms with E-state index in [2.05, 4.69) is 10.6 Å². The van der Waals surface area contributed by atoms with Crippen LogP contribution < -0.4 is 20.1 Å². The van der Waals surface area contributed by atoms with E-state index in [-0.39, 0.29) is 6.03 Å². The van der Waals surface area contributed by atoms with Crippen LogP contribution in [-0.4, -0.2) is 33.3 Å². The molecule has 2 amide bonds. The molecule has 0 fully saturated rings. The van der Waals surface area contributed by atoms with E-state index in [0.29, 0.717) is 19.5 Å². The summed E-state index contributed by atoms with van der Waals surface area (Å²) in [6, 6.07) is 3.76. The highest BCUT2D eigenvalue weighted by Gasteiger charge is 2.11. The van der Waals surface area contributed by atoms with Gasteiger partial charge < -0.3 is 20.1 Å². The summed E-state index contributed by atoms with van der Waals surface area (Å²) >= 11 is 0. The number of hydrogen-bond donors (Lipinski definition) is 2. The first-order chi connectivity index (χ1) is 9.63. The average molecular weight is 280 g/mol. The van der Waals surface area contributed by atoms with E-state index in [1.807, 2.05) is 26.0 Å². The maximum absolute atomic E-state index is 11.4. The van der Waals surface area contributed by atoms with E-state index in [1.54, 1.807) is 14.2 Å². The lowest BCUT2D eigenvalue weighted by Gasteiger charge is -2.14. The van der Waals surface area contributed by atoms with Crippen LogP contribution in [0.2, 0.25) is 0 Å². The molecule has 1 rings (SSSR count). The van der Waals surface area contributed by atoms with Crippen LogP contribution in [0.5, 0.6) is 11.5 Å². The zero-order valence-electron chi connectivity index (χ0n) is 12.7. The summed E-state index contributed by atoms with van der Waals surface area (Å²) in [4.78, 5) is 11.4. The molecule has 112 valence electrons. The average Bonchev–Trinajstić information content (AvgIpc) is 2.45. The highest BCUT2D eigenvalue weighted by atomic mass is 16.5. The van der Waals surface area contributed by atoms with Gasteiger partial charge in [0.25, 0.3) is 0 Å². The van der Waals surface area contributed by atoms with Crippen molar-refractivity contribution in [3.05, 3.63) is 23.3 Å². The monoisotopic (exact) mass is 280 g/mol. The number of amides is 2. The minimum Gasteiger partial charge on any atom is -0.496 e. The van der Waals surface area contributed by atoms with Crippen molar-refractivity contribution in [2.45, 2.75) is 26.7 Å². The number of carbonyl (C=O) groups excluding carboxylic acids is 1. The Morgan fingerprint density at radius 2 is 1.85 bits per heavy atom. The topological polar surface area (TPSA) is 59.6 Å². The van der Waals surface area contributed by atoms with Crippen molar-refractivity contribution in [2.24, 2.45) is 0 Å². The fraction of sp³-hybridized carbons (Fsp3) is 0.533. The van der Waals surface area contributed by atoms with E-state index in [1.165, 1.54) is 0 Å². The Bertz CT molecular complexity index is 447. The van der Waals surface area contributed by atoms with Gasteiger partial charge in [-0.1, -0.05) is 13.0 Å². The second-order valence-electron chi connectivity index (χ2n) is 4.52. The standard InChI is InChI=1S/C15H24N2O3/c1-5-9-16-15(18)17-10-8-12-6-7-13(19-3)11(2)14(12)20-4/h6-7H,5,8-10H2,1-4H3,(H2,16,17,18). The third-order valence-electron chi connectivity index (χ3n) is 3.08. The van der Waals surface area contributed by atoms with E-state index in [4.69, 9.17) is 9.47 Å². The second-order valence-corrected chi connectivity index (χ2v) is 4.52. The molecule has 0 heterocycles. The van der Waals surface area contributed by atoms with Crippen molar-refractivity contribution in [1.29, 1.82) is 0 Å².